The molecule has 1 aliphatic heterocycles. The number of nitrogens with one attached hydrogen (secondary N) is 1. The Balaban J connectivity index is 1.21. The zero-order valence-corrected chi connectivity index (χ0v) is 18.3. The molecule has 0 atom stereocenters. The Labute approximate surface area is 190 Å². The number of anilines is 1. The Morgan fingerprint density at radius 3 is 3.00 bits per heavy atom. The van der Waals surface area contributed by atoms with E-state index in [9.17, 15) is 4.79 Å². The molecular formula is C24H24N6O3. The number of amides is 1. The van der Waals surface area contributed by atoms with Gasteiger partial charge in [-0.3, -0.25) is 14.8 Å². The Morgan fingerprint density at radius 2 is 2.15 bits per heavy atom. The minimum Gasteiger partial charge on any atom is -0.439 e. The van der Waals surface area contributed by atoms with Crippen molar-refractivity contribution in [3.63, 3.8) is 0 Å². The van der Waals surface area contributed by atoms with Crippen LogP contribution < -0.4 is 10.1 Å². The van der Waals surface area contributed by atoms with E-state index in [0.29, 0.717) is 23.4 Å². The van der Waals surface area contributed by atoms with Gasteiger partial charge in [0.15, 0.2) is 5.82 Å². The molecule has 4 aromatic rings. The maximum Gasteiger partial charge on any atom is 0.331 e. The zero-order valence-electron chi connectivity index (χ0n) is 18.3. The second-order valence-electron chi connectivity index (χ2n) is 8.55. The van der Waals surface area contributed by atoms with Gasteiger partial charge >= 0.3 is 6.03 Å². The smallest absolute Gasteiger partial charge is 0.331 e. The lowest BCUT2D eigenvalue weighted by Crippen LogP contribution is -2.31. The Bertz CT molecular complexity index is 1340. The van der Waals surface area contributed by atoms with Gasteiger partial charge in [0, 0.05) is 42.2 Å². The van der Waals surface area contributed by atoms with Crippen molar-refractivity contribution in [2.45, 2.75) is 38.6 Å². The SMILES string of the molecule is CCN1CCc2c(ncnc2Oc2ccc3c(ccn3C(=O)Nc3cc(C4CC4)on3)c2)C1. The van der Waals surface area contributed by atoms with Crippen molar-refractivity contribution < 1.29 is 14.1 Å². The molecule has 4 heterocycles. The van der Waals surface area contributed by atoms with E-state index in [2.05, 4.69) is 32.3 Å². The highest BCUT2D eigenvalue weighted by Gasteiger charge is 2.28. The average Bonchev–Trinajstić information content (AvgIpc) is 3.43. The first-order chi connectivity index (χ1) is 16.2. The molecule has 2 aliphatic rings. The number of carbonyl (C=O) groups excluding carboxylic acids is 1. The molecule has 3 aromatic heterocycles. The highest BCUT2D eigenvalue weighted by molar-refractivity contribution is 5.98. The highest BCUT2D eigenvalue weighted by atomic mass is 16.5. The van der Waals surface area contributed by atoms with E-state index in [-0.39, 0.29) is 6.03 Å². The van der Waals surface area contributed by atoms with E-state index in [1.54, 1.807) is 23.2 Å². The zero-order chi connectivity index (χ0) is 22.4. The van der Waals surface area contributed by atoms with Gasteiger partial charge in [-0.25, -0.2) is 14.8 Å². The molecule has 1 aliphatic carbocycles. The highest BCUT2D eigenvalue weighted by Crippen LogP contribution is 2.40. The number of ether oxygens (including phenoxy) is 1. The lowest BCUT2D eigenvalue weighted by atomic mass is 10.1. The largest absolute Gasteiger partial charge is 0.439 e. The van der Waals surface area contributed by atoms with Crippen molar-refractivity contribution in [3.8, 4) is 11.6 Å². The predicted octanol–water partition coefficient (Wildman–Crippen LogP) is 4.55. The first-order valence-electron chi connectivity index (χ1n) is 11.3. The van der Waals surface area contributed by atoms with Crippen LogP contribution in [0.25, 0.3) is 10.9 Å². The Morgan fingerprint density at radius 1 is 1.24 bits per heavy atom. The molecule has 0 unspecified atom stereocenters. The van der Waals surface area contributed by atoms with Crippen molar-refractivity contribution >= 4 is 22.8 Å². The van der Waals surface area contributed by atoms with Crippen LogP contribution in [0, 0.1) is 0 Å². The van der Waals surface area contributed by atoms with Gasteiger partial charge in [-0.15, -0.1) is 0 Å². The van der Waals surface area contributed by atoms with Gasteiger partial charge in [-0.1, -0.05) is 12.1 Å². The molecule has 9 heteroatoms. The lowest BCUT2D eigenvalue weighted by Gasteiger charge is -2.27. The van der Waals surface area contributed by atoms with Gasteiger partial charge in [0.1, 0.15) is 17.8 Å². The molecule has 1 amide bonds. The molecule has 6 rings (SSSR count). The summed E-state index contributed by atoms with van der Waals surface area (Å²) in [4.78, 5) is 24.0. The van der Waals surface area contributed by atoms with Crippen molar-refractivity contribution in [2.75, 3.05) is 18.4 Å². The lowest BCUT2D eigenvalue weighted by molar-refractivity contribution is 0.254. The van der Waals surface area contributed by atoms with Crippen LogP contribution >= 0.6 is 0 Å². The second kappa shape index (κ2) is 8.00. The first-order valence-corrected chi connectivity index (χ1v) is 11.3. The summed E-state index contributed by atoms with van der Waals surface area (Å²) in [7, 11) is 0. The average molecular weight is 444 g/mol. The molecular weight excluding hydrogens is 420 g/mol. The molecule has 0 bridgehead atoms. The van der Waals surface area contributed by atoms with Crippen LogP contribution in [0.3, 0.4) is 0 Å². The van der Waals surface area contributed by atoms with E-state index >= 15 is 0 Å². The fourth-order valence-electron chi connectivity index (χ4n) is 4.29. The standard InChI is InChI=1S/C24H24N6O3/c1-2-29-9-8-18-19(13-29)25-14-26-23(18)32-17-5-6-20-16(11-17)7-10-30(20)24(31)27-22-12-21(33-28-22)15-3-4-15/h5-7,10-12,14-15H,2-4,8-9,13H2,1H3,(H,27,28,31). The van der Waals surface area contributed by atoms with Crippen LogP contribution in [-0.2, 0) is 13.0 Å². The maximum absolute atomic E-state index is 12.8. The van der Waals surface area contributed by atoms with E-state index in [1.165, 1.54) is 0 Å². The number of carbonyl (C=O) groups is 1. The first kappa shape index (κ1) is 19.9. The van der Waals surface area contributed by atoms with Crippen molar-refractivity contribution in [1.82, 2.24) is 24.6 Å². The minimum atomic E-state index is -0.292. The Hall–Kier alpha value is -3.72. The molecule has 0 radical (unpaired) electrons. The summed E-state index contributed by atoms with van der Waals surface area (Å²) in [6.07, 6.45) is 6.39. The van der Waals surface area contributed by atoms with Gasteiger partial charge < -0.3 is 9.26 Å². The number of hydrogen-bond donors (Lipinski definition) is 1. The predicted molar refractivity (Wildman–Crippen MR) is 122 cm³/mol. The summed E-state index contributed by atoms with van der Waals surface area (Å²) in [5, 5.41) is 7.65. The van der Waals surface area contributed by atoms with Crippen LogP contribution in [0.5, 0.6) is 11.6 Å². The molecule has 168 valence electrons. The third-order valence-electron chi connectivity index (χ3n) is 6.33. The molecule has 9 nitrogen and oxygen atoms in total. The number of fused-ring (bicyclic) bond motifs is 2. The number of benzene rings is 1. The summed E-state index contributed by atoms with van der Waals surface area (Å²) >= 11 is 0. The number of likely N-dealkylation sites (N-methyl/N-ethyl adjacent to an activating group) is 1. The van der Waals surface area contributed by atoms with Crippen molar-refractivity contribution in [1.29, 1.82) is 0 Å². The molecule has 1 fully saturated rings. The van der Waals surface area contributed by atoms with Gasteiger partial charge in [-0.05, 0) is 50.1 Å². The van der Waals surface area contributed by atoms with Gasteiger partial charge in [0.25, 0.3) is 0 Å². The van der Waals surface area contributed by atoms with E-state index < -0.39 is 0 Å². The fourth-order valence-corrected chi connectivity index (χ4v) is 4.29. The number of hydrogen-bond acceptors (Lipinski definition) is 7. The molecule has 1 saturated carbocycles. The van der Waals surface area contributed by atoms with Crippen LogP contribution in [0.15, 0.2) is 47.4 Å². The van der Waals surface area contributed by atoms with E-state index in [1.807, 2.05) is 24.3 Å². The molecule has 33 heavy (non-hydrogen) atoms. The topological polar surface area (TPSA) is 98.3 Å². The summed E-state index contributed by atoms with van der Waals surface area (Å²) < 4.78 is 13.0. The number of rotatable bonds is 5. The van der Waals surface area contributed by atoms with Gasteiger partial charge in [0.2, 0.25) is 5.88 Å². The summed E-state index contributed by atoms with van der Waals surface area (Å²) in [5.74, 6) is 2.98. The molecule has 0 spiro atoms. The number of nitrogens with zero attached hydrogens (tertiary/aromatic N) is 5. The molecule has 1 N–H and O–H groups in total. The van der Waals surface area contributed by atoms with Crippen LogP contribution in [0.1, 0.15) is 42.7 Å². The minimum absolute atomic E-state index is 0.292. The number of aromatic nitrogens is 4. The maximum atomic E-state index is 12.8. The summed E-state index contributed by atoms with van der Waals surface area (Å²) in [6, 6.07) is 9.03. The quantitative estimate of drug-likeness (QED) is 0.482. The van der Waals surface area contributed by atoms with E-state index in [4.69, 9.17) is 9.26 Å². The summed E-state index contributed by atoms with van der Waals surface area (Å²) in [6.45, 7) is 4.94. The summed E-state index contributed by atoms with van der Waals surface area (Å²) in [5.41, 5.74) is 2.86. The van der Waals surface area contributed by atoms with Gasteiger partial charge in [0.05, 0.1) is 11.2 Å². The van der Waals surface area contributed by atoms with Crippen LogP contribution in [0.4, 0.5) is 10.6 Å². The fraction of sp³-hybridized carbons (Fsp3) is 0.333. The van der Waals surface area contributed by atoms with Crippen LogP contribution in [-0.4, -0.2) is 43.7 Å². The monoisotopic (exact) mass is 444 g/mol. The third-order valence-corrected chi connectivity index (χ3v) is 6.33. The van der Waals surface area contributed by atoms with Crippen LogP contribution in [0.2, 0.25) is 0 Å². The second-order valence-corrected chi connectivity index (χ2v) is 8.55. The van der Waals surface area contributed by atoms with Gasteiger partial charge in [-0.2, -0.15) is 0 Å². The molecule has 1 aromatic carbocycles. The van der Waals surface area contributed by atoms with Crippen molar-refractivity contribution in [2.24, 2.45) is 0 Å². The normalized spacial score (nSPS) is 16.0. The Kier molecular flexibility index (Phi) is 4.83. The van der Waals surface area contributed by atoms with E-state index in [0.717, 1.165) is 66.8 Å². The van der Waals surface area contributed by atoms with Crippen molar-refractivity contribution in [3.05, 3.63) is 59.9 Å². The third kappa shape index (κ3) is 3.84. The molecule has 0 saturated heterocycles.